The van der Waals surface area contributed by atoms with Crippen molar-refractivity contribution < 1.29 is 9.53 Å². The van der Waals surface area contributed by atoms with E-state index in [0.717, 1.165) is 37.2 Å². The zero-order valence-electron chi connectivity index (χ0n) is 13.6. The molecule has 4 nitrogen and oxygen atoms in total. The zero-order chi connectivity index (χ0) is 15.2. The summed E-state index contributed by atoms with van der Waals surface area (Å²) in [5, 5.41) is 6.47. The van der Waals surface area contributed by atoms with Crippen molar-refractivity contribution in [3.63, 3.8) is 0 Å². The SMILES string of the molecule is COc1ccccc1CC(NC(=O)C1CCNC1)C(C)C.Cl. The number of nitrogens with one attached hydrogen (secondary N) is 2. The maximum atomic E-state index is 12.3. The van der Waals surface area contributed by atoms with Crippen LogP contribution in [0.15, 0.2) is 24.3 Å². The molecular formula is C17H27ClN2O2. The van der Waals surface area contributed by atoms with Gasteiger partial charge < -0.3 is 15.4 Å². The summed E-state index contributed by atoms with van der Waals surface area (Å²) < 4.78 is 5.41. The molecule has 0 aliphatic carbocycles. The Bertz CT molecular complexity index is 473. The molecule has 0 bridgehead atoms. The van der Waals surface area contributed by atoms with Crippen molar-refractivity contribution in [3.8, 4) is 5.75 Å². The van der Waals surface area contributed by atoms with Crippen LogP contribution in [0.4, 0.5) is 0 Å². The summed E-state index contributed by atoms with van der Waals surface area (Å²) in [5.41, 5.74) is 1.14. The zero-order valence-corrected chi connectivity index (χ0v) is 14.4. The first-order chi connectivity index (χ1) is 10.1. The highest BCUT2D eigenvalue weighted by Gasteiger charge is 2.26. The molecule has 1 aromatic carbocycles. The molecule has 0 aromatic heterocycles. The minimum Gasteiger partial charge on any atom is -0.496 e. The van der Waals surface area contributed by atoms with Crippen LogP contribution in [-0.2, 0) is 11.2 Å². The minimum absolute atomic E-state index is 0. The van der Waals surface area contributed by atoms with E-state index in [9.17, 15) is 4.79 Å². The highest BCUT2D eigenvalue weighted by atomic mass is 35.5. The summed E-state index contributed by atoms with van der Waals surface area (Å²) >= 11 is 0. The Morgan fingerprint density at radius 3 is 2.73 bits per heavy atom. The standard InChI is InChI=1S/C17H26N2O2.ClH/c1-12(2)15(19-17(20)14-8-9-18-11-14)10-13-6-4-5-7-16(13)21-3;/h4-7,12,14-15,18H,8-11H2,1-3H3,(H,19,20);1H. The van der Waals surface area contributed by atoms with Gasteiger partial charge in [-0.3, -0.25) is 4.79 Å². The van der Waals surface area contributed by atoms with Crippen LogP contribution < -0.4 is 15.4 Å². The van der Waals surface area contributed by atoms with E-state index in [0.29, 0.717) is 5.92 Å². The average molecular weight is 327 g/mol. The quantitative estimate of drug-likeness (QED) is 0.844. The topological polar surface area (TPSA) is 50.4 Å². The lowest BCUT2D eigenvalue weighted by atomic mass is 9.95. The van der Waals surface area contributed by atoms with E-state index in [1.165, 1.54) is 0 Å². The second-order valence-corrected chi connectivity index (χ2v) is 6.06. The molecule has 1 aliphatic heterocycles. The van der Waals surface area contributed by atoms with Gasteiger partial charge in [0.05, 0.1) is 13.0 Å². The predicted molar refractivity (Wildman–Crippen MR) is 91.7 cm³/mol. The van der Waals surface area contributed by atoms with Crippen molar-refractivity contribution in [1.82, 2.24) is 10.6 Å². The van der Waals surface area contributed by atoms with E-state index < -0.39 is 0 Å². The van der Waals surface area contributed by atoms with E-state index in [1.54, 1.807) is 7.11 Å². The lowest BCUT2D eigenvalue weighted by Gasteiger charge is -2.25. The summed E-state index contributed by atoms with van der Waals surface area (Å²) in [7, 11) is 1.69. The minimum atomic E-state index is 0. The summed E-state index contributed by atoms with van der Waals surface area (Å²) in [6, 6.07) is 8.15. The van der Waals surface area contributed by atoms with Crippen molar-refractivity contribution in [2.24, 2.45) is 11.8 Å². The van der Waals surface area contributed by atoms with Crippen LogP contribution in [0, 0.1) is 11.8 Å². The third kappa shape index (κ3) is 4.89. The van der Waals surface area contributed by atoms with Gasteiger partial charge >= 0.3 is 0 Å². The summed E-state index contributed by atoms with van der Waals surface area (Å²) in [4.78, 5) is 12.3. The maximum Gasteiger partial charge on any atom is 0.224 e. The summed E-state index contributed by atoms with van der Waals surface area (Å²) in [6.07, 6.45) is 1.73. The first kappa shape index (κ1) is 18.8. The maximum absolute atomic E-state index is 12.3. The average Bonchev–Trinajstić information content (AvgIpc) is 3.01. The van der Waals surface area contributed by atoms with Crippen molar-refractivity contribution in [3.05, 3.63) is 29.8 Å². The molecule has 5 heteroatoms. The molecule has 1 heterocycles. The fourth-order valence-corrected chi connectivity index (χ4v) is 2.74. The molecule has 1 aliphatic rings. The van der Waals surface area contributed by atoms with Crippen LogP contribution >= 0.6 is 12.4 Å². The van der Waals surface area contributed by atoms with Crippen LogP contribution in [0.3, 0.4) is 0 Å². The van der Waals surface area contributed by atoms with Gasteiger partial charge in [0, 0.05) is 12.6 Å². The van der Waals surface area contributed by atoms with Gasteiger partial charge in [0.15, 0.2) is 0 Å². The van der Waals surface area contributed by atoms with Crippen LogP contribution in [0.5, 0.6) is 5.75 Å². The van der Waals surface area contributed by atoms with E-state index in [1.807, 2.05) is 18.2 Å². The molecule has 2 N–H and O–H groups in total. The van der Waals surface area contributed by atoms with Crippen molar-refractivity contribution in [1.29, 1.82) is 0 Å². The van der Waals surface area contributed by atoms with Gasteiger partial charge in [0.2, 0.25) is 5.91 Å². The highest BCUT2D eigenvalue weighted by Crippen LogP contribution is 2.21. The molecule has 2 unspecified atom stereocenters. The number of amides is 1. The summed E-state index contributed by atoms with van der Waals surface area (Å²) in [5.74, 6) is 1.56. The van der Waals surface area contributed by atoms with Crippen molar-refractivity contribution in [2.45, 2.75) is 32.7 Å². The molecular weight excluding hydrogens is 300 g/mol. The smallest absolute Gasteiger partial charge is 0.224 e. The Kier molecular flexibility index (Phi) is 7.69. The molecule has 2 atom stereocenters. The number of halogens is 1. The molecule has 0 radical (unpaired) electrons. The van der Waals surface area contributed by atoms with Crippen molar-refractivity contribution >= 4 is 18.3 Å². The van der Waals surface area contributed by atoms with E-state index in [4.69, 9.17) is 4.74 Å². The van der Waals surface area contributed by atoms with Gasteiger partial charge in [-0.25, -0.2) is 0 Å². The third-order valence-corrected chi connectivity index (χ3v) is 4.20. The molecule has 124 valence electrons. The highest BCUT2D eigenvalue weighted by molar-refractivity contribution is 5.85. The Morgan fingerprint density at radius 2 is 2.14 bits per heavy atom. The second-order valence-electron chi connectivity index (χ2n) is 6.06. The Morgan fingerprint density at radius 1 is 1.41 bits per heavy atom. The molecule has 2 rings (SSSR count). The number of carbonyl (C=O) groups excluding carboxylic acids is 1. The number of benzene rings is 1. The van der Waals surface area contributed by atoms with Gasteiger partial charge in [0.1, 0.15) is 5.75 Å². The number of rotatable bonds is 6. The second kappa shape index (κ2) is 9.01. The summed E-state index contributed by atoms with van der Waals surface area (Å²) in [6.45, 7) is 6.03. The Labute approximate surface area is 139 Å². The molecule has 1 saturated heterocycles. The molecule has 1 amide bonds. The number of ether oxygens (including phenoxy) is 1. The fourth-order valence-electron chi connectivity index (χ4n) is 2.74. The van der Waals surface area contributed by atoms with Gasteiger partial charge in [-0.1, -0.05) is 32.0 Å². The van der Waals surface area contributed by atoms with Crippen LogP contribution in [0.2, 0.25) is 0 Å². The lowest BCUT2D eigenvalue weighted by molar-refractivity contribution is -0.125. The number of methoxy groups -OCH3 is 1. The molecule has 0 spiro atoms. The third-order valence-electron chi connectivity index (χ3n) is 4.20. The Hall–Kier alpha value is -1.26. The largest absolute Gasteiger partial charge is 0.496 e. The van der Waals surface area contributed by atoms with Gasteiger partial charge in [-0.15, -0.1) is 12.4 Å². The lowest BCUT2D eigenvalue weighted by Crippen LogP contribution is -2.43. The molecule has 1 aromatic rings. The molecule has 22 heavy (non-hydrogen) atoms. The van der Waals surface area contributed by atoms with Gasteiger partial charge in [0.25, 0.3) is 0 Å². The number of carbonyl (C=O) groups is 1. The monoisotopic (exact) mass is 326 g/mol. The van der Waals surface area contributed by atoms with E-state index in [-0.39, 0.29) is 30.3 Å². The van der Waals surface area contributed by atoms with Gasteiger partial charge in [-0.2, -0.15) is 0 Å². The number of para-hydroxylation sites is 1. The van der Waals surface area contributed by atoms with Crippen LogP contribution in [-0.4, -0.2) is 32.1 Å². The van der Waals surface area contributed by atoms with Crippen LogP contribution in [0.25, 0.3) is 0 Å². The Balaban J connectivity index is 0.00000242. The first-order valence-corrected chi connectivity index (χ1v) is 7.74. The van der Waals surface area contributed by atoms with Crippen LogP contribution in [0.1, 0.15) is 25.8 Å². The first-order valence-electron chi connectivity index (χ1n) is 7.74. The normalized spacial score (nSPS) is 18.6. The molecule has 0 saturated carbocycles. The van der Waals surface area contributed by atoms with E-state index >= 15 is 0 Å². The molecule has 1 fully saturated rings. The fraction of sp³-hybridized carbons (Fsp3) is 0.588. The number of hydrogen-bond acceptors (Lipinski definition) is 3. The predicted octanol–water partition coefficient (Wildman–Crippen LogP) is 2.41. The van der Waals surface area contributed by atoms with Crippen molar-refractivity contribution in [2.75, 3.05) is 20.2 Å². The van der Waals surface area contributed by atoms with E-state index in [2.05, 4.69) is 30.5 Å². The number of hydrogen-bond donors (Lipinski definition) is 2. The van der Waals surface area contributed by atoms with Gasteiger partial charge in [-0.05, 0) is 36.9 Å².